The summed E-state index contributed by atoms with van der Waals surface area (Å²) in [5, 5.41) is 0. The van der Waals surface area contributed by atoms with Crippen LogP contribution in [-0.2, 0) is 7.05 Å². The zero-order valence-electron chi connectivity index (χ0n) is 12.4. The number of nitrogens with one attached hydrogen (secondary N) is 1. The molecule has 0 bridgehead atoms. The number of nitrogens with zero attached hydrogens (tertiary/aromatic N) is 3. The quantitative estimate of drug-likeness (QED) is 0.555. The summed E-state index contributed by atoms with van der Waals surface area (Å²) in [4.78, 5) is 42.9. The van der Waals surface area contributed by atoms with Crippen molar-refractivity contribution in [2.75, 3.05) is 0 Å². The van der Waals surface area contributed by atoms with Crippen molar-refractivity contribution in [1.82, 2.24) is 19.1 Å². The van der Waals surface area contributed by atoms with Crippen LogP contribution in [0.15, 0.2) is 44.7 Å². The first-order valence-electron chi connectivity index (χ1n) is 6.88. The number of aromatic amines is 1. The first-order valence-corrected chi connectivity index (χ1v) is 7.67. The van der Waals surface area contributed by atoms with Crippen LogP contribution in [0.3, 0.4) is 0 Å². The molecule has 1 atom stereocenters. The van der Waals surface area contributed by atoms with Crippen LogP contribution in [0.1, 0.15) is 23.3 Å². The van der Waals surface area contributed by atoms with Gasteiger partial charge >= 0.3 is 5.69 Å². The summed E-state index contributed by atoms with van der Waals surface area (Å²) < 4.78 is 3.04. The summed E-state index contributed by atoms with van der Waals surface area (Å²) in [6.07, 6.45) is 0. The number of hydrogen-bond donors (Lipinski definition) is 1. The fourth-order valence-corrected chi connectivity index (χ4v) is 3.14. The molecule has 0 aliphatic carbocycles. The van der Waals surface area contributed by atoms with E-state index in [0.717, 1.165) is 0 Å². The van der Waals surface area contributed by atoms with Gasteiger partial charge in [0, 0.05) is 12.6 Å². The summed E-state index contributed by atoms with van der Waals surface area (Å²) >= 11 is 3.28. The Kier molecular flexibility index (Phi) is 3.77. The normalized spacial score (nSPS) is 12.5. The van der Waals surface area contributed by atoms with E-state index in [0.29, 0.717) is 10.3 Å². The van der Waals surface area contributed by atoms with Crippen LogP contribution in [-0.4, -0.2) is 24.9 Å². The van der Waals surface area contributed by atoms with E-state index >= 15 is 0 Å². The molecule has 2 aromatic heterocycles. The van der Waals surface area contributed by atoms with Crippen LogP contribution in [0.5, 0.6) is 0 Å². The first kappa shape index (κ1) is 15.4. The lowest BCUT2D eigenvalue weighted by Crippen LogP contribution is -2.30. The molecule has 0 aliphatic heterocycles. The second kappa shape index (κ2) is 5.62. The maximum absolute atomic E-state index is 12.7. The second-order valence-corrected chi connectivity index (χ2v) is 5.86. The summed E-state index contributed by atoms with van der Waals surface area (Å²) in [6.45, 7) is 1.69. The Hall–Kier alpha value is -2.48. The molecule has 3 rings (SSSR count). The maximum Gasteiger partial charge on any atom is 0.329 e. The number of aryl methyl sites for hydroxylation is 1. The highest BCUT2D eigenvalue weighted by molar-refractivity contribution is 9.10. The third-order valence-corrected chi connectivity index (χ3v) is 4.29. The number of carbonyl (C=O) groups excluding carboxylic acids is 1. The van der Waals surface area contributed by atoms with Crippen molar-refractivity contribution in [2.24, 2.45) is 7.05 Å². The van der Waals surface area contributed by atoms with Gasteiger partial charge in [0.15, 0.2) is 21.7 Å². The highest BCUT2D eigenvalue weighted by Gasteiger charge is 2.24. The Morgan fingerprint density at radius 2 is 1.91 bits per heavy atom. The molecule has 3 aromatic rings. The van der Waals surface area contributed by atoms with Crippen molar-refractivity contribution < 1.29 is 4.79 Å². The van der Waals surface area contributed by atoms with Crippen molar-refractivity contribution in [3.8, 4) is 0 Å². The standard InChI is InChI=1S/C15H13BrN4O3/c1-8(11(21)9-6-4-3-5-7-9)20-10-12(17-14(20)16)19(2)15(23)18-13(10)22/h3-8H,1-2H3,(H,18,22,23). The van der Waals surface area contributed by atoms with E-state index in [-0.39, 0.29) is 16.9 Å². The molecule has 0 amide bonds. The number of imidazole rings is 1. The monoisotopic (exact) mass is 376 g/mol. The third kappa shape index (κ3) is 2.44. The molecule has 2 heterocycles. The molecule has 0 saturated carbocycles. The molecule has 0 spiro atoms. The van der Waals surface area contributed by atoms with Crippen LogP contribution in [0.2, 0.25) is 0 Å². The average molecular weight is 377 g/mol. The lowest BCUT2D eigenvalue weighted by molar-refractivity contribution is 0.0935. The molecular formula is C15H13BrN4O3. The number of hydrogen-bond acceptors (Lipinski definition) is 4. The van der Waals surface area contributed by atoms with Crippen LogP contribution in [0.4, 0.5) is 0 Å². The largest absolute Gasteiger partial charge is 0.329 e. The smallest absolute Gasteiger partial charge is 0.302 e. The number of fused-ring (bicyclic) bond motifs is 1. The number of benzene rings is 1. The lowest BCUT2D eigenvalue weighted by atomic mass is 10.1. The molecule has 1 N–H and O–H groups in total. The summed E-state index contributed by atoms with van der Waals surface area (Å²) in [5.74, 6) is -0.154. The predicted molar refractivity (Wildman–Crippen MR) is 88.8 cm³/mol. The number of ketones is 1. The number of halogens is 1. The predicted octanol–water partition coefficient (Wildman–Crippen LogP) is 1.63. The van der Waals surface area contributed by atoms with Gasteiger partial charge in [-0.1, -0.05) is 30.3 Å². The third-order valence-electron chi connectivity index (χ3n) is 3.73. The van der Waals surface area contributed by atoms with E-state index in [1.165, 1.54) is 16.2 Å². The highest BCUT2D eigenvalue weighted by Crippen LogP contribution is 2.24. The molecule has 0 aliphatic rings. The lowest BCUT2D eigenvalue weighted by Gasteiger charge is -2.14. The van der Waals surface area contributed by atoms with Crippen molar-refractivity contribution in [3.05, 3.63) is 61.5 Å². The molecule has 7 nitrogen and oxygen atoms in total. The molecule has 23 heavy (non-hydrogen) atoms. The molecular weight excluding hydrogens is 364 g/mol. The number of H-pyrrole nitrogens is 1. The first-order chi connectivity index (χ1) is 10.9. The van der Waals surface area contributed by atoms with E-state index in [9.17, 15) is 14.4 Å². The second-order valence-electron chi connectivity index (χ2n) is 5.15. The van der Waals surface area contributed by atoms with Gasteiger partial charge in [0.1, 0.15) is 0 Å². The van der Waals surface area contributed by atoms with Crippen LogP contribution < -0.4 is 11.2 Å². The van der Waals surface area contributed by atoms with Gasteiger partial charge in [0.2, 0.25) is 0 Å². The number of rotatable bonds is 3. The minimum atomic E-state index is -0.657. The molecule has 0 saturated heterocycles. The van der Waals surface area contributed by atoms with E-state index in [2.05, 4.69) is 25.9 Å². The molecule has 1 aromatic carbocycles. The average Bonchev–Trinajstić information content (AvgIpc) is 2.90. The van der Waals surface area contributed by atoms with Gasteiger partial charge in [-0.15, -0.1) is 0 Å². The van der Waals surface area contributed by atoms with E-state index in [1.54, 1.807) is 31.2 Å². The minimum Gasteiger partial charge on any atom is -0.302 e. The van der Waals surface area contributed by atoms with Crippen molar-refractivity contribution in [2.45, 2.75) is 13.0 Å². The van der Waals surface area contributed by atoms with Gasteiger partial charge < -0.3 is 4.57 Å². The Morgan fingerprint density at radius 1 is 1.26 bits per heavy atom. The zero-order valence-corrected chi connectivity index (χ0v) is 14.0. The van der Waals surface area contributed by atoms with Gasteiger partial charge in [-0.05, 0) is 22.9 Å². The number of carbonyl (C=O) groups is 1. The SMILES string of the molecule is CC(C(=O)c1ccccc1)n1c(Br)nc2c1c(=O)[nH]c(=O)n2C. The fraction of sp³-hybridized carbons (Fsp3) is 0.200. The molecule has 118 valence electrons. The van der Waals surface area contributed by atoms with E-state index in [4.69, 9.17) is 0 Å². The van der Waals surface area contributed by atoms with Crippen LogP contribution in [0, 0.1) is 0 Å². The summed E-state index contributed by atoms with van der Waals surface area (Å²) in [6, 6.07) is 8.15. The van der Waals surface area contributed by atoms with E-state index in [1.807, 2.05) is 6.07 Å². The number of aromatic nitrogens is 4. The van der Waals surface area contributed by atoms with Gasteiger partial charge in [0.25, 0.3) is 5.56 Å². The Morgan fingerprint density at radius 3 is 2.57 bits per heavy atom. The molecule has 1 unspecified atom stereocenters. The topological polar surface area (TPSA) is 89.8 Å². The molecule has 0 radical (unpaired) electrons. The van der Waals surface area contributed by atoms with Crippen LogP contribution >= 0.6 is 15.9 Å². The van der Waals surface area contributed by atoms with Crippen LogP contribution in [0.25, 0.3) is 11.2 Å². The highest BCUT2D eigenvalue weighted by atomic mass is 79.9. The Bertz CT molecular complexity index is 1020. The minimum absolute atomic E-state index is 0.154. The van der Waals surface area contributed by atoms with Crippen molar-refractivity contribution >= 4 is 32.9 Å². The fourth-order valence-electron chi connectivity index (χ4n) is 2.49. The van der Waals surface area contributed by atoms with E-state index < -0.39 is 17.3 Å². The Balaban J connectivity index is 2.23. The van der Waals surface area contributed by atoms with Gasteiger partial charge in [-0.25, -0.2) is 9.78 Å². The maximum atomic E-state index is 12.7. The Labute approximate surface area is 138 Å². The molecule has 0 fully saturated rings. The summed E-state index contributed by atoms with van der Waals surface area (Å²) in [5.41, 5.74) is -0.195. The van der Waals surface area contributed by atoms with Crippen molar-refractivity contribution in [1.29, 1.82) is 0 Å². The number of Topliss-reactive ketones (excluding diaryl/α,β-unsaturated/α-hetero) is 1. The van der Waals surface area contributed by atoms with Gasteiger partial charge in [0.05, 0.1) is 6.04 Å². The zero-order chi connectivity index (χ0) is 16.7. The van der Waals surface area contributed by atoms with Crippen molar-refractivity contribution in [3.63, 3.8) is 0 Å². The summed E-state index contributed by atoms with van der Waals surface area (Å²) in [7, 11) is 1.51. The van der Waals surface area contributed by atoms with Gasteiger partial charge in [-0.3, -0.25) is 19.1 Å². The molecule has 8 heteroatoms. The van der Waals surface area contributed by atoms with Gasteiger partial charge in [-0.2, -0.15) is 0 Å².